The summed E-state index contributed by atoms with van der Waals surface area (Å²) in [6, 6.07) is 5.95. The van der Waals surface area contributed by atoms with Gasteiger partial charge in [0.15, 0.2) is 0 Å². The first-order valence-corrected chi connectivity index (χ1v) is 9.47. The van der Waals surface area contributed by atoms with E-state index in [4.69, 9.17) is 0 Å². The molecule has 3 rings (SSSR count). The molecule has 1 saturated carbocycles. The van der Waals surface area contributed by atoms with Crippen LogP contribution in [0.3, 0.4) is 0 Å². The first-order valence-electron chi connectivity index (χ1n) is 9.47. The third-order valence-electron chi connectivity index (χ3n) is 5.50. The average molecular weight is 386 g/mol. The number of rotatable bonds is 4. The Morgan fingerprint density at radius 3 is 2.36 bits per heavy atom. The first-order chi connectivity index (χ1) is 13.2. The van der Waals surface area contributed by atoms with Crippen LogP contribution in [0.2, 0.25) is 0 Å². The van der Waals surface area contributed by atoms with Crippen LogP contribution in [0, 0.1) is 5.92 Å². The molecule has 0 unspecified atom stereocenters. The molecule has 5 amide bonds. The number of nitrogens with one attached hydrogen (secondary N) is 2. The number of hydrogen-bond acceptors (Lipinski definition) is 4. The second-order valence-electron chi connectivity index (χ2n) is 7.91. The fourth-order valence-electron chi connectivity index (χ4n) is 3.71. The van der Waals surface area contributed by atoms with Crippen LogP contribution in [-0.2, 0) is 9.59 Å². The van der Waals surface area contributed by atoms with Crippen LogP contribution in [-0.4, -0.2) is 59.7 Å². The van der Waals surface area contributed by atoms with Gasteiger partial charge in [0.2, 0.25) is 5.91 Å². The van der Waals surface area contributed by atoms with Gasteiger partial charge in [-0.15, -0.1) is 0 Å². The van der Waals surface area contributed by atoms with E-state index >= 15 is 0 Å². The molecular formula is C20H26N4O4. The number of hydrogen-bond donors (Lipinski definition) is 2. The van der Waals surface area contributed by atoms with Crippen LogP contribution in [0.4, 0.5) is 10.5 Å². The topological polar surface area (TPSA) is 98.8 Å². The van der Waals surface area contributed by atoms with Crippen molar-refractivity contribution >= 4 is 29.4 Å². The van der Waals surface area contributed by atoms with E-state index in [2.05, 4.69) is 17.6 Å². The van der Waals surface area contributed by atoms with Gasteiger partial charge in [0.05, 0.1) is 0 Å². The minimum absolute atomic E-state index is 0.135. The molecule has 0 radical (unpaired) electrons. The van der Waals surface area contributed by atoms with E-state index in [0.29, 0.717) is 30.0 Å². The summed E-state index contributed by atoms with van der Waals surface area (Å²) in [6.45, 7) is 1.80. The second-order valence-corrected chi connectivity index (χ2v) is 7.91. The van der Waals surface area contributed by atoms with Crippen LogP contribution >= 0.6 is 0 Å². The molecule has 150 valence electrons. The van der Waals surface area contributed by atoms with E-state index in [1.807, 2.05) is 0 Å². The summed E-state index contributed by atoms with van der Waals surface area (Å²) < 4.78 is 0. The molecule has 8 heteroatoms. The largest absolute Gasteiger partial charge is 0.345 e. The molecule has 0 bridgehead atoms. The van der Waals surface area contributed by atoms with Crippen LogP contribution in [0.1, 0.15) is 43.0 Å². The summed E-state index contributed by atoms with van der Waals surface area (Å²) in [4.78, 5) is 51.8. The summed E-state index contributed by atoms with van der Waals surface area (Å²) in [7, 11) is 3.33. The quantitative estimate of drug-likeness (QED) is 0.771. The molecule has 2 N–H and O–H groups in total. The number of amides is 5. The van der Waals surface area contributed by atoms with Crippen molar-refractivity contribution in [3.8, 4) is 0 Å². The van der Waals surface area contributed by atoms with Crippen LogP contribution in [0.5, 0.6) is 0 Å². The predicted molar refractivity (Wildman–Crippen MR) is 104 cm³/mol. The minimum atomic E-state index is -0.849. The molecule has 1 saturated heterocycles. The highest BCUT2D eigenvalue weighted by Crippen LogP contribution is 2.36. The van der Waals surface area contributed by atoms with Gasteiger partial charge in [-0.1, -0.05) is 6.92 Å². The Labute approximate surface area is 164 Å². The smallest absolute Gasteiger partial charge is 0.325 e. The molecule has 2 fully saturated rings. The van der Waals surface area contributed by atoms with Gasteiger partial charge < -0.3 is 15.5 Å². The second kappa shape index (κ2) is 7.61. The third-order valence-corrected chi connectivity index (χ3v) is 5.50. The standard InChI is InChI=1S/C20H26N4O4/c1-13-8-10-20(11-9-13)18(27)24(19(28)22-20)12-16(25)21-15-6-4-14(5-7-15)17(26)23(2)3/h4-7,13H,8-12H2,1-3H3,(H,21,25)(H,22,28). The van der Waals surface area contributed by atoms with Gasteiger partial charge in [-0.05, 0) is 55.9 Å². The highest BCUT2D eigenvalue weighted by Gasteiger charge is 2.52. The van der Waals surface area contributed by atoms with Crippen molar-refractivity contribution in [1.29, 1.82) is 0 Å². The molecule has 1 aromatic rings. The van der Waals surface area contributed by atoms with Gasteiger partial charge in [-0.25, -0.2) is 4.79 Å². The molecule has 0 atom stereocenters. The summed E-state index contributed by atoms with van der Waals surface area (Å²) in [6.07, 6.45) is 2.98. The van der Waals surface area contributed by atoms with Crippen LogP contribution < -0.4 is 10.6 Å². The van der Waals surface area contributed by atoms with Crippen molar-refractivity contribution in [2.45, 2.75) is 38.1 Å². The van der Waals surface area contributed by atoms with Crippen molar-refractivity contribution < 1.29 is 19.2 Å². The van der Waals surface area contributed by atoms with Gasteiger partial charge in [0, 0.05) is 25.3 Å². The highest BCUT2D eigenvalue weighted by molar-refractivity contribution is 6.10. The Bertz CT molecular complexity index is 795. The van der Waals surface area contributed by atoms with E-state index in [1.165, 1.54) is 4.90 Å². The average Bonchev–Trinajstić information content (AvgIpc) is 2.88. The molecule has 1 heterocycles. The van der Waals surface area contributed by atoms with Crippen molar-refractivity contribution in [3.63, 3.8) is 0 Å². The summed E-state index contributed by atoms with van der Waals surface area (Å²) in [5.41, 5.74) is 0.150. The zero-order valence-corrected chi connectivity index (χ0v) is 16.4. The Kier molecular flexibility index (Phi) is 5.40. The lowest BCUT2D eigenvalue weighted by Crippen LogP contribution is -2.49. The summed E-state index contributed by atoms with van der Waals surface area (Å²) in [5, 5.41) is 5.47. The lowest BCUT2D eigenvalue weighted by Gasteiger charge is -2.33. The summed E-state index contributed by atoms with van der Waals surface area (Å²) in [5.74, 6) is -0.373. The number of nitrogens with zero attached hydrogens (tertiary/aromatic N) is 2. The number of carbonyl (C=O) groups excluding carboxylic acids is 4. The lowest BCUT2D eigenvalue weighted by atomic mass is 9.77. The Balaban J connectivity index is 1.61. The van der Waals surface area contributed by atoms with Gasteiger partial charge >= 0.3 is 6.03 Å². The van der Waals surface area contributed by atoms with Crippen LogP contribution in [0.15, 0.2) is 24.3 Å². The number of carbonyl (C=O) groups is 4. The third kappa shape index (κ3) is 3.85. The summed E-state index contributed by atoms with van der Waals surface area (Å²) >= 11 is 0. The normalized spacial score (nSPS) is 24.2. The molecule has 1 spiro atoms. The van der Waals surface area contributed by atoms with E-state index in [1.54, 1.807) is 38.4 Å². The minimum Gasteiger partial charge on any atom is -0.345 e. The van der Waals surface area contributed by atoms with E-state index < -0.39 is 17.5 Å². The molecule has 1 aromatic carbocycles. The Morgan fingerprint density at radius 2 is 1.79 bits per heavy atom. The Hall–Kier alpha value is -2.90. The fourth-order valence-corrected chi connectivity index (χ4v) is 3.71. The molecule has 8 nitrogen and oxygen atoms in total. The van der Waals surface area contributed by atoms with Gasteiger partial charge in [0.1, 0.15) is 12.1 Å². The van der Waals surface area contributed by atoms with Gasteiger partial charge in [0.25, 0.3) is 11.8 Å². The lowest BCUT2D eigenvalue weighted by molar-refractivity contribution is -0.135. The van der Waals surface area contributed by atoms with Crippen molar-refractivity contribution in [1.82, 2.24) is 15.1 Å². The zero-order valence-electron chi connectivity index (χ0n) is 16.4. The van der Waals surface area contributed by atoms with Gasteiger partial charge in [-0.2, -0.15) is 0 Å². The predicted octanol–water partition coefficient (Wildman–Crippen LogP) is 1.83. The highest BCUT2D eigenvalue weighted by atomic mass is 16.2. The molecule has 1 aliphatic heterocycles. The number of benzene rings is 1. The van der Waals surface area contributed by atoms with Crippen molar-refractivity contribution in [2.24, 2.45) is 5.92 Å². The van der Waals surface area contributed by atoms with Gasteiger partial charge in [-0.3, -0.25) is 19.3 Å². The Morgan fingerprint density at radius 1 is 1.18 bits per heavy atom. The maximum atomic E-state index is 12.8. The zero-order chi connectivity index (χ0) is 20.5. The fraction of sp³-hybridized carbons (Fsp3) is 0.500. The number of urea groups is 1. The van der Waals surface area contributed by atoms with E-state index in [-0.39, 0.29) is 18.4 Å². The maximum absolute atomic E-state index is 12.8. The van der Waals surface area contributed by atoms with Crippen LogP contribution in [0.25, 0.3) is 0 Å². The van der Waals surface area contributed by atoms with E-state index in [0.717, 1.165) is 17.7 Å². The molecule has 1 aliphatic carbocycles. The number of anilines is 1. The first kappa shape index (κ1) is 19.9. The molecule has 28 heavy (non-hydrogen) atoms. The van der Waals surface area contributed by atoms with Crippen molar-refractivity contribution in [3.05, 3.63) is 29.8 Å². The molecular weight excluding hydrogens is 360 g/mol. The van der Waals surface area contributed by atoms with E-state index in [9.17, 15) is 19.2 Å². The van der Waals surface area contributed by atoms with Crippen molar-refractivity contribution in [2.75, 3.05) is 26.0 Å². The molecule has 2 aliphatic rings. The molecule has 0 aromatic heterocycles. The monoisotopic (exact) mass is 386 g/mol. The maximum Gasteiger partial charge on any atom is 0.325 e. The number of imide groups is 1. The SMILES string of the molecule is CC1CCC2(CC1)NC(=O)N(CC(=O)Nc1ccc(C(=O)N(C)C)cc1)C2=O.